The van der Waals surface area contributed by atoms with Gasteiger partial charge >= 0.3 is 7.82 Å². The van der Waals surface area contributed by atoms with Gasteiger partial charge in [-0.15, -0.1) is 0 Å². The molecule has 0 saturated heterocycles. The van der Waals surface area contributed by atoms with Crippen LogP contribution in [-0.4, -0.2) is 56.1 Å². The smallest absolute Gasteiger partial charge is 0.349 e. The molecule has 0 spiro atoms. The first-order valence-electron chi connectivity index (χ1n) is 14.9. The molecule has 0 bridgehead atoms. The van der Waals surface area contributed by atoms with Crippen LogP contribution in [0.1, 0.15) is 129 Å². The first-order chi connectivity index (χ1) is 17.1. The largest absolute Gasteiger partial charge is 0.474 e. The summed E-state index contributed by atoms with van der Waals surface area (Å²) in [6.45, 7) is 4.75. The van der Waals surface area contributed by atoms with Gasteiger partial charge in [0.25, 0.3) is 0 Å². The molecule has 214 valence electrons. The van der Waals surface area contributed by atoms with E-state index < -0.39 is 14.1 Å². The van der Waals surface area contributed by atoms with Crippen LogP contribution in [0.4, 0.5) is 0 Å². The lowest BCUT2D eigenvalue weighted by Crippen LogP contribution is -2.37. The summed E-state index contributed by atoms with van der Waals surface area (Å²) in [7, 11) is 1.91. The van der Waals surface area contributed by atoms with Crippen LogP contribution in [0.3, 0.4) is 0 Å². The molecule has 0 aliphatic heterocycles. The average Bonchev–Trinajstić information content (AvgIpc) is 2.79. The second kappa shape index (κ2) is 19.8. The van der Waals surface area contributed by atoms with Crippen molar-refractivity contribution in [2.45, 2.75) is 142 Å². The number of hydrogen-bond donors (Lipinski definition) is 1. The molecule has 2 unspecified atom stereocenters. The summed E-state index contributed by atoms with van der Waals surface area (Å²) in [4.78, 5) is 9.92. The minimum atomic E-state index is -4.10. The normalized spacial score (nSPS) is 19.3. The SMILES string of the molecule is CCCCCCCCCCCCCCCC=C1CCC(OC(C)OP(=O)(O)OCC[N+](C)(C)C)CC1. The Morgan fingerprint density at radius 1 is 0.917 bits per heavy atom. The van der Waals surface area contributed by atoms with Crippen LogP contribution in [0, 0.1) is 0 Å². The predicted octanol–water partition coefficient (Wildman–Crippen LogP) is 8.54. The molecule has 0 heterocycles. The molecule has 0 aromatic heterocycles. The predicted molar refractivity (Wildman–Crippen MR) is 151 cm³/mol. The molecule has 1 aliphatic carbocycles. The first-order valence-corrected chi connectivity index (χ1v) is 16.4. The van der Waals surface area contributed by atoms with Gasteiger partial charge in [0.2, 0.25) is 0 Å². The molecule has 1 fully saturated rings. The maximum absolute atomic E-state index is 12.1. The highest BCUT2D eigenvalue weighted by Gasteiger charge is 2.28. The van der Waals surface area contributed by atoms with Crippen molar-refractivity contribution in [3.8, 4) is 0 Å². The Balaban J connectivity index is 2.02. The van der Waals surface area contributed by atoms with Gasteiger partial charge in [0.15, 0.2) is 6.29 Å². The zero-order valence-electron chi connectivity index (χ0n) is 24.3. The van der Waals surface area contributed by atoms with E-state index in [4.69, 9.17) is 13.8 Å². The number of ether oxygens (including phenoxy) is 1. The number of unbranched alkanes of at least 4 members (excludes halogenated alkanes) is 13. The van der Waals surface area contributed by atoms with Crippen LogP contribution in [0.25, 0.3) is 0 Å². The number of phosphoric ester groups is 1. The van der Waals surface area contributed by atoms with E-state index in [0.717, 1.165) is 25.7 Å². The molecular weight excluding hydrogens is 473 g/mol. The van der Waals surface area contributed by atoms with Crippen molar-refractivity contribution in [3.63, 3.8) is 0 Å². The topological polar surface area (TPSA) is 65.0 Å². The Hall–Kier alpha value is -0.230. The van der Waals surface area contributed by atoms with Crippen molar-refractivity contribution in [2.75, 3.05) is 34.3 Å². The third-order valence-corrected chi connectivity index (χ3v) is 8.07. The third-order valence-electron chi connectivity index (χ3n) is 7.00. The molecule has 6 nitrogen and oxygen atoms in total. The van der Waals surface area contributed by atoms with Gasteiger partial charge in [0.05, 0.1) is 27.2 Å². The summed E-state index contributed by atoms with van der Waals surface area (Å²) in [5.74, 6) is 0. The van der Waals surface area contributed by atoms with Crippen LogP contribution >= 0.6 is 7.82 Å². The highest BCUT2D eigenvalue weighted by atomic mass is 31.2. The summed E-state index contributed by atoms with van der Waals surface area (Å²) in [6.07, 6.45) is 25.1. The van der Waals surface area contributed by atoms with Gasteiger partial charge in [0, 0.05) is 0 Å². The van der Waals surface area contributed by atoms with E-state index in [1.54, 1.807) is 12.5 Å². The molecule has 0 radical (unpaired) electrons. The van der Waals surface area contributed by atoms with E-state index in [1.165, 1.54) is 89.9 Å². The standard InChI is InChI=1S/C29H58NO5P/c1-6-7-8-9-10-11-12-13-14-15-16-17-18-19-20-28-21-23-29(24-22-28)34-27(2)35-36(31,32)33-26-25-30(3,4)5/h20,27,29H,6-19,21-26H2,1-5H3/p+1. The van der Waals surface area contributed by atoms with Gasteiger partial charge in [-0.3, -0.25) is 9.05 Å². The maximum Gasteiger partial charge on any atom is 0.474 e. The average molecular weight is 533 g/mol. The van der Waals surface area contributed by atoms with E-state index >= 15 is 0 Å². The molecule has 1 rings (SSSR count). The van der Waals surface area contributed by atoms with E-state index in [0.29, 0.717) is 11.0 Å². The summed E-state index contributed by atoms with van der Waals surface area (Å²) in [5.41, 5.74) is 1.54. The zero-order valence-corrected chi connectivity index (χ0v) is 25.2. The number of allylic oxidation sites excluding steroid dienone is 2. The van der Waals surface area contributed by atoms with Crippen LogP contribution < -0.4 is 0 Å². The van der Waals surface area contributed by atoms with Gasteiger partial charge < -0.3 is 14.1 Å². The molecule has 1 N–H and O–H groups in total. The number of quaternary nitrogens is 1. The molecule has 1 aliphatic rings. The minimum absolute atomic E-state index is 0.0692. The lowest BCUT2D eigenvalue weighted by atomic mass is 9.91. The zero-order chi connectivity index (χ0) is 26.7. The van der Waals surface area contributed by atoms with E-state index in [1.807, 2.05) is 21.1 Å². The summed E-state index contributed by atoms with van der Waals surface area (Å²) in [6, 6.07) is 0. The third kappa shape index (κ3) is 19.8. The second-order valence-corrected chi connectivity index (χ2v) is 13.1. The van der Waals surface area contributed by atoms with Crippen molar-refractivity contribution in [1.29, 1.82) is 0 Å². The fourth-order valence-electron chi connectivity index (χ4n) is 4.71. The van der Waals surface area contributed by atoms with E-state index in [-0.39, 0.29) is 12.7 Å². The minimum Gasteiger partial charge on any atom is -0.349 e. The number of nitrogens with zero attached hydrogens (tertiary/aromatic N) is 1. The van der Waals surface area contributed by atoms with Crippen molar-refractivity contribution < 1.29 is 27.7 Å². The molecule has 0 aromatic rings. The molecule has 7 heteroatoms. The Kier molecular flexibility index (Phi) is 18.6. The van der Waals surface area contributed by atoms with Gasteiger partial charge in [-0.05, 0) is 45.4 Å². The lowest BCUT2D eigenvalue weighted by Gasteiger charge is -2.28. The number of phosphoric acid groups is 1. The molecule has 0 aromatic carbocycles. The van der Waals surface area contributed by atoms with Crippen LogP contribution in [0.15, 0.2) is 11.6 Å². The molecule has 0 amide bonds. The second-order valence-electron chi connectivity index (χ2n) is 11.7. The Morgan fingerprint density at radius 3 is 1.92 bits per heavy atom. The Morgan fingerprint density at radius 2 is 1.42 bits per heavy atom. The summed E-state index contributed by atoms with van der Waals surface area (Å²) < 4.78 is 28.9. The fourth-order valence-corrected chi connectivity index (χ4v) is 5.51. The highest BCUT2D eigenvalue weighted by Crippen LogP contribution is 2.45. The van der Waals surface area contributed by atoms with Crippen molar-refractivity contribution in [2.24, 2.45) is 0 Å². The van der Waals surface area contributed by atoms with Gasteiger partial charge in [-0.2, -0.15) is 0 Å². The van der Waals surface area contributed by atoms with E-state index in [2.05, 4.69) is 13.0 Å². The van der Waals surface area contributed by atoms with Crippen LogP contribution in [0.5, 0.6) is 0 Å². The Bertz CT molecular complexity index is 609. The number of likely N-dealkylation sites (N-methyl/N-ethyl adjacent to an activating group) is 1. The van der Waals surface area contributed by atoms with Crippen molar-refractivity contribution in [3.05, 3.63) is 11.6 Å². The van der Waals surface area contributed by atoms with Gasteiger partial charge in [0.1, 0.15) is 13.2 Å². The molecule has 1 saturated carbocycles. The van der Waals surface area contributed by atoms with Crippen molar-refractivity contribution in [1.82, 2.24) is 0 Å². The lowest BCUT2D eigenvalue weighted by molar-refractivity contribution is -0.870. The molecular formula is C29H59NO5P+. The van der Waals surface area contributed by atoms with Gasteiger partial charge in [-0.1, -0.05) is 95.6 Å². The van der Waals surface area contributed by atoms with Crippen molar-refractivity contribution >= 4 is 7.82 Å². The highest BCUT2D eigenvalue weighted by molar-refractivity contribution is 7.47. The molecule has 36 heavy (non-hydrogen) atoms. The quantitative estimate of drug-likeness (QED) is 0.0497. The Labute approximate surface area is 223 Å². The van der Waals surface area contributed by atoms with E-state index in [9.17, 15) is 9.46 Å². The maximum atomic E-state index is 12.1. The molecule has 2 atom stereocenters. The fraction of sp³-hybridized carbons (Fsp3) is 0.931. The summed E-state index contributed by atoms with van der Waals surface area (Å²) in [5, 5.41) is 0. The monoisotopic (exact) mass is 532 g/mol. The summed E-state index contributed by atoms with van der Waals surface area (Å²) >= 11 is 0. The van der Waals surface area contributed by atoms with Crippen LogP contribution in [0.2, 0.25) is 0 Å². The first kappa shape index (κ1) is 33.8. The number of rotatable bonds is 22. The van der Waals surface area contributed by atoms with Crippen LogP contribution in [-0.2, 0) is 18.3 Å². The van der Waals surface area contributed by atoms with Gasteiger partial charge in [-0.25, -0.2) is 4.57 Å². The number of hydrogen-bond acceptors (Lipinski definition) is 4.